The van der Waals surface area contributed by atoms with Crippen LogP contribution in [0.15, 0.2) is 30.5 Å². The molecule has 5 N–H and O–H groups in total. The SMILES string of the molecule is CC1(CNc2nc(NCc3ccccc3O)ncc2C#N)C[C@H]2CCC[C@@H](C1)[C@@H]2NC1CCNCC1. The Labute approximate surface area is 214 Å². The van der Waals surface area contributed by atoms with Crippen LogP contribution < -0.4 is 21.3 Å². The zero-order valence-electron chi connectivity index (χ0n) is 21.3. The van der Waals surface area contributed by atoms with E-state index in [2.05, 4.69) is 44.2 Å². The summed E-state index contributed by atoms with van der Waals surface area (Å²) in [6.45, 7) is 5.86. The Morgan fingerprint density at radius 2 is 1.86 bits per heavy atom. The number of hydrogen-bond acceptors (Lipinski definition) is 8. The van der Waals surface area contributed by atoms with Crippen molar-refractivity contribution in [2.24, 2.45) is 17.3 Å². The second-order valence-electron chi connectivity index (χ2n) is 11.3. The normalized spacial score (nSPS) is 28.3. The molecule has 8 nitrogen and oxygen atoms in total. The van der Waals surface area contributed by atoms with Crippen molar-refractivity contribution in [2.45, 2.75) is 70.5 Å². The summed E-state index contributed by atoms with van der Waals surface area (Å²) in [6.07, 6.45) is 10.4. The monoisotopic (exact) mass is 489 g/mol. The van der Waals surface area contributed by atoms with E-state index in [1.165, 1.54) is 44.9 Å². The van der Waals surface area contributed by atoms with Gasteiger partial charge in [0.25, 0.3) is 0 Å². The van der Waals surface area contributed by atoms with Gasteiger partial charge in [0.05, 0.1) is 6.20 Å². The van der Waals surface area contributed by atoms with Gasteiger partial charge >= 0.3 is 0 Å². The molecule has 3 aliphatic rings. The number of piperidine rings is 1. The van der Waals surface area contributed by atoms with Gasteiger partial charge in [-0.1, -0.05) is 31.5 Å². The molecule has 8 heteroatoms. The van der Waals surface area contributed by atoms with E-state index in [1.54, 1.807) is 18.3 Å². The van der Waals surface area contributed by atoms with Crippen LogP contribution in [0.4, 0.5) is 11.8 Å². The molecule has 1 aliphatic heterocycles. The number of benzene rings is 1. The molecule has 2 heterocycles. The molecule has 0 amide bonds. The predicted molar refractivity (Wildman–Crippen MR) is 142 cm³/mol. The molecule has 2 bridgehead atoms. The summed E-state index contributed by atoms with van der Waals surface area (Å²) in [6, 6.07) is 10.7. The summed E-state index contributed by atoms with van der Waals surface area (Å²) in [4.78, 5) is 8.91. The van der Waals surface area contributed by atoms with Crippen LogP contribution in [0.2, 0.25) is 0 Å². The summed E-state index contributed by atoms with van der Waals surface area (Å²) >= 11 is 0. The van der Waals surface area contributed by atoms with Crippen LogP contribution >= 0.6 is 0 Å². The summed E-state index contributed by atoms with van der Waals surface area (Å²) in [5.41, 5.74) is 1.39. The number of anilines is 2. The number of para-hydroxylation sites is 1. The van der Waals surface area contributed by atoms with Crippen LogP contribution in [0, 0.1) is 28.6 Å². The largest absolute Gasteiger partial charge is 0.508 e. The molecule has 1 saturated heterocycles. The molecule has 2 aromatic rings. The highest BCUT2D eigenvalue weighted by atomic mass is 16.3. The van der Waals surface area contributed by atoms with E-state index in [0.717, 1.165) is 37.0 Å². The molecular weight excluding hydrogens is 450 g/mol. The Hall–Kier alpha value is -2.89. The van der Waals surface area contributed by atoms with Gasteiger partial charge in [-0.25, -0.2) is 4.98 Å². The average molecular weight is 490 g/mol. The van der Waals surface area contributed by atoms with Crippen molar-refractivity contribution in [1.82, 2.24) is 20.6 Å². The number of nitriles is 1. The first-order valence-corrected chi connectivity index (χ1v) is 13.5. The van der Waals surface area contributed by atoms with E-state index < -0.39 is 0 Å². The van der Waals surface area contributed by atoms with E-state index in [0.29, 0.717) is 36.0 Å². The first-order valence-electron chi connectivity index (χ1n) is 13.5. The Morgan fingerprint density at radius 1 is 1.11 bits per heavy atom. The van der Waals surface area contributed by atoms with Gasteiger partial charge in [0.1, 0.15) is 23.2 Å². The lowest BCUT2D eigenvalue weighted by Crippen LogP contribution is -2.56. The minimum atomic E-state index is 0.170. The molecule has 192 valence electrons. The number of nitrogens with one attached hydrogen (secondary N) is 4. The Balaban J connectivity index is 1.22. The van der Waals surface area contributed by atoms with Gasteiger partial charge in [0.15, 0.2) is 0 Å². The van der Waals surface area contributed by atoms with Crippen molar-refractivity contribution in [1.29, 1.82) is 5.26 Å². The van der Waals surface area contributed by atoms with Crippen molar-refractivity contribution in [3.8, 4) is 11.8 Å². The fraction of sp³-hybridized carbons (Fsp3) is 0.607. The van der Waals surface area contributed by atoms with Crippen LogP contribution in [0.1, 0.15) is 63.0 Å². The third-order valence-electron chi connectivity index (χ3n) is 8.46. The number of hydrogen-bond donors (Lipinski definition) is 5. The molecule has 0 spiro atoms. The minimum Gasteiger partial charge on any atom is -0.508 e. The maximum Gasteiger partial charge on any atom is 0.224 e. The zero-order chi connectivity index (χ0) is 25.0. The van der Waals surface area contributed by atoms with Gasteiger partial charge in [-0.2, -0.15) is 10.2 Å². The molecular formula is C28H39N7O. The highest BCUT2D eigenvalue weighted by molar-refractivity contribution is 5.53. The molecule has 1 aromatic carbocycles. The molecule has 2 saturated carbocycles. The van der Waals surface area contributed by atoms with Gasteiger partial charge in [-0.3, -0.25) is 0 Å². The molecule has 36 heavy (non-hydrogen) atoms. The minimum absolute atomic E-state index is 0.170. The third-order valence-corrected chi connectivity index (χ3v) is 8.46. The van der Waals surface area contributed by atoms with Crippen LogP contribution in [-0.2, 0) is 6.54 Å². The van der Waals surface area contributed by atoms with Crippen molar-refractivity contribution in [2.75, 3.05) is 30.3 Å². The fourth-order valence-electron chi connectivity index (χ4n) is 6.69. The second-order valence-corrected chi connectivity index (χ2v) is 11.3. The number of fused-ring (bicyclic) bond motifs is 2. The van der Waals surface area contributed by atoms with Crippen LogP contribution in [0.3, 0.4) is 0 Å². The molecule has 1 unspecified atom stereocenters. The summed E-state index contributed by atoms with van der Waals surface area (Å²) in [5.74, 6) is 2.69. The van der Waals surface area contributed by atoms with Gasteiger partial charge in [-0.05, 0) is 74.9 Å². The molecule has 0 radical (unpaired) electrons. The van der Waals surface area contributed by atoms with E-state index >= 15 is 0 Å². The summed E-state index contributed by atoms with van der Waals surface area (Å²) < 4.78 is 0. The Morgan fingerprint density at radius 3 is 2.58 bits per heavy atom. The van der Waals surface area contributed by atoms with Gasteiger partial charge in [0.2, 0.25) is 5.95 Å². The van der Waals surface area contributed by atoms with E-state index in [4.69, 9.17) is 0 Å². The highest BCUT2D eigenvalue weighted by Crippen LogP contribution is 2.49. The van der Waals surface area contributed by atoms with Crippen LogP contribution in [-0.4, -0.2) is 46.8 Å². The van der Waals surface area contributed by atoms with Crippen LogP contribution in [0.5, 0.6) is 5.75 Å². The van der Waals surface area contributed by atoms with E-state index in [9.17, 15) is 10.4 Å². The lowest BCUT2D eigenvalue weighted by molar-refractivity contribution is 0.0302. The second kappa shape index (κ2) is 11.0. The lowest BCUT2D eigenvalue weighted by Gasteiger charge is -2.52. The third kappa shape index (κ3) is 5.74. The zero-order valence-corrected chi connectivity index (χ0v) is 21.3. The van der Waals surface area contributed by atoms with Gasteiger partial charge in [0, 0.05) is 30.7 Å². The fourth-order valence-corrected chi connectivity index (χ4v) is 6.69. The highest BCUT2D eigenvalue weighted by Gasteiger charge is 2.45. The Kier molecular flexibility index (Phi) is 7.59. The van der Waals surface area contributed by atoms with Crippen molar-refractivity contribution < 1.29 is 5.11 Å². The van der Waals surface area contributed by atoms with Gasteiger partial charge in [-0.15, -0.1) is 0 Å². The number of phenolic OH excluding ortho intramolecular Hbond substituents is 1. The summed E-state index contributed by atoms with van der Waals surface area (Å²) in [5, 5.41) is 33.9. The van der Waals surface area contributed by atoms with E-state index in [1.807, 2.05) is 12.1 Å². The van der Waals surface area contributed by atoms with Crippen molar-refractivity contribution in [3.63, 3.8) is 0 Å². The smallest absolute Gasteiger partial charge is 0.224 e. The average Bonchev–Trinajstić information content (AvgIpc) is 2.88. The first kappa shape index (κ1) is 24.8. The topological polar surface area (TPSA) is 118 Å². The first-order chi connectivity index (χ1) is 17.5. The predicted octanol–water partition coefficient (Wildman–Crippen LogP) is 4.00. The number of phenols is 1. The molecule has 5 rings (SSSR count). The van der Waals surface area contributed by atoms with Crippen molar-refractivity contribution >= 4 is 11.8 Å². The maximum atomic E-state index is 10.0. The molecule has 4 atom stereocenters. The number of rotatable bonds is 8. The standard InChI is InChI=1S/C28H39N7O/c1-28(13-19-6-4-7-20(14-28)25(19)34-23-9-11-30-12-10-23)18-33-26-22(15-29)17-32-27(35-26)31-16-21-5-2-3-8-24(21)36/h2-3,5,8,17,19-20,23,25,30,34,36H,4,6-7,9-14,16,18H2,1H3,(H2,31,32,33,35)/t19-,20+,25-,28?. The lowest BCUT2D eigenvalue weighted by atomic mass is 9.59. The van der Waals surface area contributed by atoms with Crippen molar-refractivity contribution in [3.05, 3.63) is 41.6 Å². The summed E-state index contributed by atoms with van der Waals surface area (Å²) in [7, 11) is 0. The number of nitrogens with zero attached hydrogens (tertiary/aromatic N) is 3. The van der Waals surface area contributed by atoms with Gasteiger partial charge < -0.3 is 26.4 Å². The quantitative estimate of drug-likeness (QED) is 0.378. The molecule has 1 aromatic heterocycles. The number of aromatic nitrogens is 2. The Bertz CT molecular complexity index is 1060. The van der Waals surface area contributed by atoms with E-state index in [-0.39, 0.29) is 11.2 Å². The van der Waals surface area contributed by atoms with Crippen LogP contribution in [0.25, 0.3) is 0 Å². The molecule has 3 fully saturated rings. The maximum absolute atomic E-state index is 10.0. The number of aromatic hydroxyl groups is 1. The molecule has 2 aliphatic carbocycles.